The number of hydrogen-bond acceptors (Lipinski definition) is 6. The summed E-state index contributed by atoms with van der Waals surface area (Å²) in [6, 6.07) is 0. The number of anilines is 1. The van der Waals surface area contributed by atoms with Crippen LogP contribution in [0.25, 0.3) is 0 Å². The Morgan fingerprint density at radius 1 is 1.28 bits per heavy atom. The Morgan fingerprint density at radius 3 is 2.44 bits per heavy atom. The largest absolute Gasteiger partial charge is 0.406 e. The first-order valence-electron chi connectivity index (χ1n) is 8.71. The Balaban J connectivity index is 1.63. The van der Waals surface area contributed by atoms with Crippen molar-refractivity contribution in [3.8, 4) is 0 Å². The van der Waals surface area contributed by atoms with Gasteiger partial charge in [-0.05, 0) is 36.6 Å². The molecular weight excluding hydrogens is 326 g/mol. The molecule has 1 aromatic heterocycles. The van der Waals surface area contributed by atoms with Gasteiger partial charge in [0, 0.05) is 39.1 Å². The summed E-state index contributed by atoms with van der Waals surface area (Å²) < 4.78 is 7.37. The zero-order valence-corrected chi connectivity index (χ0v) is 14.9. The lowest BCUT2D eigenvalue weighted by molar-refractivity contribution is -0.388. The van der Waals surface area contributed by atoms with E-state index in [-0.39, 0.29) is 29.9 Å². The number of ether oxygens (including phenoxy) is 1. The average molecular weight is 351 g/mol. The van der Waals surface area contributed by atoms with E-state index in [1.807, 2.05) is 23.6 Å². The molecule has 2 fully saturated rings. The third-order valence-electron chi connectivity index (χ3n) is 4.94. The van der Waals surface area contributed by atoms with Crippen LogP contribution < -0.4 is 4.90 Å². The highest BCUT2D eigenvalue weighted by molar-refractivity contribution is 5.79. The Hall–Kier alpha value is -2.16. The zero-order chi connectivity index (χ0) is 18.1. The minimum absolute atomic E-state index is 0.0268. The van der Waals surface area contributed by atoms with E-state index in [4.69, 9.17) is 4.74 Å². The number of carbonyl (C=O) groups excluding carboxylic acids is 1. The quantitative estimate of drug-likeness (QED) is 0.600. The second kappa shape index (κ2) is 6.99. The maximum atomic E-state index is 12.8. The van der Waals surface area contributed by atoms with E-state index < -0.39 is 4.92 Å². The molecule has 3 heterocycles. The molecule has 3 rings (SSSR count). The molecule has 2 aliphatic heterocycles. The molecule has 0 saturated carbocycles. The first kappa shape index (κ1) is 17.7. The summed E-state index contributed by atoms with van der Waals surface area (Å²) >= 11 is 0. The maximum absolute atomic E-state index is 12.8. The predicted octanol–water partition coefficient (Wildman–Crippen LogP) is 1.18. The maximum Gasteiger partial charge on any atom is 0.406 e. The molecule has 0 aliphatic carbocycles. The van der Waals surface area contributed by atoms with Gasteiger partial charge in [0.2, 0.25) is 18.1 Å². The van der Waals surface area contributed by atoms with Crippen LogP contribution in [0.2, 0.25) is 0 Å². The van der Waals surface area contributed by atoms with Crippen molar-refractivity contribution in [1.29, 1.82) is 0 Å². The average Bonchev–Trinajstić information content (AvgIpc) is 2.95. The van der Waals surface area contributed by atoms with E-state index in [1.54, 1.807) is 11.6 Å². The van der Waals surface area contributed by atoms with Gasteiger partial charge >= 0.3 is 5.82 Å². The van der Waals surface area contributed by atoms with Crippen LogP contribution in [0.1, 0.15) is 26.7 Å². The Morgan fingerprint density at radius 2 is 1.88 bits per heavy atom. The number of nitrogens with zero attached hydrogens (tertiary/aromatic N) is 5. The number of hydrogen-bond donors (Lipinski definition) is 0. The van der Waals surface area contributed by atoms with Crippen molar-refractivity contribution in [2.24, 2.45) is 13.0 Å². The van der Waals surface area contributed by atoms with Gasteiger partial charge < -0.3 is 24.7 Å². The van der Waals surface area contributed by atoms with E-state index in [0.717, 1.165) is 0 Å². The van der Waals surface area contributed by atoms with Crippen LogP contribution >= 0.6 is 0 Å². The molecule has 25 heavy (non-hydrogen) atoms. The number of imidazole rings is 1. The summed E-state index contributed by atoms with van der Waals surface area (Å²) in [7, 11) is 1.75. The summed E-state index contributed by atoms with van der Waals surface area (Å²) in [6.07, 6.45) is 2.97. The van der Waals surface area contributed by atoms with Crippen LogP contribution in [0.4, 0.5) is 11.6 Å². The molecule has 1 aromatic rings. The summed E-state index contributed by atoms with van der Waals surface area (Å²) in [5.41, 5.74) is 0. The number of carbonyl (C=O) groups is 1. The van der Waals surface area contributed by atoms with Gasteiger partial charge in [-0.2, -0.15) is 0 Å². The summed E-state index contributed by atoms with van der Waals surface area (Å²) in [5, 5.41) is 11.1. The van der Waals surface area contributed by atoms with E-state index in [1.165, 1.54) is 6.33 Å². The number of piperidine rings is 1. The van der Waals surface area contributed by atoms with E-state index in [9.17, 15) is 14.9 Å². The van der Waals surface area contributed by atoms with Gasteiger partial charge in [-0.25, -0.2) is 0 Å². The lowest BCUT2D eigenvalue weighted by atomic mass is 9.94. The second-order valence-corrected chi connectivity index (χ2v) is 7.02. The van der Waals surface area contributed by atoms with Gasteiger partial charge in [0.15, 0.2) is 0 Å². The molecule has 2 aliphatic rings. The van der Waals surface area contributed by atoms with Crippen molar-refractivity contribution in [1.82, 2.24) is 14.5 Å². The van der Waals surface area contributed by atoms with Crippen molar-refractivity contribution >= 4 is 17.5 Å². The molecule has 0 spiro atoms. The first-order valence-corrected chi connectivity index (χ1v) is 8.71. The molecule has 2 saturated heterocycles. The number of amides is 1. The summed E-state index contributed by atoms with van der Waals surface area (Å²) in [6.45, 7) is 6.48. The van der Waals surface area contributed by atoms with Crippen LogP contribution in [0.15, 0.2) is 6.33 Å². The Bertz CT molecular complexity index is 643. The van der Waals surface area contributed by atoms with Crippen molar-refractivity contribution in [3.05, 3.63) is 16.4 Å². The number of aryl methyl sites for hydroxylation is 1. The fourth-order valence-electron chi connectivity index (χ4n) is 3.86. The van der Waals surface area contributed by atoms with Crippen LogP contribution in [0.5, 0.6) is 0 Å². The van der Waals surface area contributed by atoms with Crippen LogP contribution in [-0.4, -0.2) is 63.7 Å². The van der Waals surface area contributed by atoms with Gasteiger partial charge in [0.1, 0.15) is 0 Å². The summed E-state index contributed by atoms with van der Waals surface area (Å²) in [4.78, 5) is 31.2. The van der Waals surface area contributed by atoms with Crippen LogP contribution in [-0.2, 0) is 16.6 Å². The van der Waals surface area contributed by atoms with E-state index in [0.29, 0.717) is 44.8 Å². The molecule has 2 unspecified atom stereocenters. The van der Waals surface area contributed by atoms with Crippen LogP contribution in [0.3, 0.4) is 0 Å². The molecule has 0 aromatic carbocycles. The number of nitro groups is 1. The lowest BCUT2D eigenvalue weighted by Crippen LogP contribution is -2.51. The molecule has 9 heteroatoms. The monoisotopic (exact) mass is 351 g/mol. The number of morpholine rings is 1. The van der Waals surface area contributed by atoms with Crippen molar-refractivity contribution in [2.75, 3.05) is 31.1 Å². The van der Waals surface area contributed by atoms with Gasteiger partial charge in [0.25, 0.3) is 0 Å². The highest BCUT2D eigenvalue weighted by Gasteiger charge is 2.35. The van der Waals surface area contributed by atoms with Gasteiger partial charge in [0.05, 0.1) is 12.2 Å². The first-order chi connectivity index (χ1) is 11.9. The third kappa shape index (κ3) is 3.60. The summed E-state index contributed by atoms with van der Waals surface area (Å²) in [5.74, 6) is 0.551. The number of rotatable bonds is 3. The fourth-order valence-corrected chi connectivity index (χ4v) is 3.86. The number of aromatic nitrogens is 2. The Labute approximate surface area is 146 Å². The topological polar surface area (TPSA) is 93.7 Å². The third-order valence-corrected chi connectivity index (χ3v) is 4.94. The molecule has 0 radical (unpaired) electrons. The molecule has 138 valence electrons. The van der Waals surface area contributed by atoms with E-state index in [2.05, 4.69) is 4.98 Å². The second-order valence-electron chi connectivity index (χ2n) is 7.02. The van der Waals surface area contributed by atoms with Gasteiger partial charge in [-0.3, -0.25) is 9.36 Å². The molecule has 2 atom stereocenters. The molecule has 0 bridgehead atoms. The smallest absolute Gasteiger partial charge is 0.372 e. The van der Waals surface area contributed by atoms with Gasteiger partial charge in [-0.15, -0.1) is 0 Å². The van der Waals surface area contributed by atoms with Crippen molar-refractivity contribution in [3.63, 3.8) is 0 Å². The molecule has 9 nitrogen and oxygen atoms in total. The minimum Gasteiger partial charge on any atom is -0.372 e. The predicted molar refractivity (Wildman–Crippen MR) is 91.4 cm³/mol. The highest BCUT2D eigenvalue weighted by atomic mass is 16.6. The van der Waals surface area contributed by atoms with E-state index >= 15 is 0 Å². The zero-order valence-electron chi connectivity index (χ0n) is 14.9. The van der Waals surface area contributed by atoms with Crippen molar-refractivity contribution < 1.29 is 14.5 Å². The molecule has 0 N–H and O–H groups in total. The lowest BCUT2D eigenvalue weighted by Gasteiger charge is -2.39. The highest BCUT2D eigenvalue weighted by Crippen LogP contribution is 2.30. The van der Waals surface area contributed by atoms with Crippen LogP contribution in [0, 0.1) is 16.0 Å². The van der Waals surface area contributed by atoms with Crippen molar-refractivity contribution in [2.45, 2.75) is 38.9 Å². The normalized spacial score (nSPS) is 25.2. The fraction of sp³-hybridized carbons (Fsp3) is 0.750. The standard InChI is InChI=1S/C16H25N5O4/c1-11-8-20(9-12(2)25-11)16(22)13-4-6-19(7-5-13)15-14(21(23)24)17-10-18(15)3/h10-13H,4-9H2,1-3H3. The SMILES string of the molecule is CC1CN(C(=O)C2CCN(c3c([N+](=O)[O-])ncn3C)CC2)CC(C)O1. The van der Waals surface area contributed by atoms with Gasteiger partial charge in [-0.1, -0.05) is 0 Å². The molecule has 1 amide bonds. The Kier molecular flexibility index (Phi) is 4.94. The molecular formula is C16H25N5O4. The minimum atomic E-state index is -0.455.